The largest absolute Gasteiger partial charge is 0.409 e. The number of nitrogens with one attached hydrogen (secondary N) is 1. The minimum Gasteiger partial charge on any atom is -0.409 e. The van der Waals surface area contributed by atoms with E-state index in [0.29, 0.717) is 18.8 Å². The molecule has 21 heavy (non-hydrogen) atoms. The van der Waals surface area contributed by atoms with E-state index < -0.39 is 5.41 Å². The lowest BCUT2D eigenvalue weighted by Crippen LogP contribution is -2.54. The number of oxime groups is 1. The van der Waals surface area contributed by atoms with Gasteiger partial charge in [-0.15, -0.1) is 11.3 Å². The molecule has 3 rings (SSSR count). The van der Waals surface area contributed by atoms with Crippen LogP contribution in [0.25, 0.3) is 10.1 Å². The number of anilines is 1. The standard InChI is InChI=1S/C15H17N3O2S/c1-9-7-15(8-9,13(16)18-20)14(19)17-11-2-3-12-10(6-11)4-5-21-12/h2-6,9,20H,7-8H2,1H3,(H2,16,18)(H,17,19). The van der Waals surface area contributed by atoms with Crippen molar-refractivity contribution in [1.82, 2.24) is 0 Å². The minimum atomic E-state index is -0.877. The number of nitrogens with zero attached hydrogens (tertiary/aromatic N) is 1. The molecule has 1 aliphatic carbocycles. The molecule has 1 aromatic carbocycles. The maximum Gasteiger partial charge on any atom is 0.238 e. The number of carbonyl (C=O) groups excluding carboxylic acids is 1. The smallest absolute Gasteiger partial charge is 0.238 e. The number of rotatable bonds is 3. The van der Waals surface area contributed by atoms with Crippen molar-refractivity contribution in [1.29, 1.82) is 0 Å². The number of hydrogen-bond donors (Lipinski definition) is 3. The topological polar surface area (TPSA) is 87.7 Å². The van der Waals surface area contributed by atoms with Crippen LogP contribution in [0.2, 0.25) is 0 Å². The summed E-state index contributed by atoms with van der Waals surface area (Å²) in [7, 11) is 0. The van der Waals surface area contributed by atoms with Gasteiger partial charge in [-0.25, -0.2) is 0 Å². The summed E-state index contributed by atoms with van der Waals surface area (Å²) in [5.41, 5.74) is 5.60. The van der Waals surface area contributed by atoms with Crippen molar-refractivity contribution in [2.75, 3.05) is 5.32 Å². The van der Waals surface area contributed by atoms with E-state index in [1.165, 1.54) is 4.70 Å². The Morgan fingerprint density at radius 2 is 2.24 bits per heavy atom. The normalized spacial score (nSPS) is 25.6. The second-order valence-electron chi connectivity index (χ2n) is 5.71. The van der Waals surface area contributed by atoms with Crippen molar-refractivity contribution in [2.24, 2.45) is 22.2 Å². The number of nitrogens with two attached hydrogens (primary N) is 1. The second-order valence-corrected chi connectivity index (χ2v) is 6.66. The molecule has 0 atom stereocenters. The van der Waals surface area contributed by atoms with E-state index in [2.05, 4.69) is 10.5 Å². The number of amidine groups is 1. The zero-order valence-electron chi connectivity index (χ0n) is 11.7. The van der Waals surface area contributed by atoms with Crippen LogP contribution >= 0.6 is 11.3 Å². The van der Waals surface area contributed by atoms with Gasteiger partial charge in [0.15, 0.2) is 5.84 Å². The van der Waals surface area contributed by atoms with Gasteiger partial charge in [-0.05, 0) is 53.8 Å². The lowest BCUT2D eigenvalue weighted by atomic mass is 9.61. The summed E-state index contributed by atoms with van der Waals surface area (Å²) in [5, 5.41) is 18.0. The quantitative estimate of drug-likeness (QED) is 0.352. The third kappa shape index (κ3) is 2.25. The molecule has 0 unspecified atom stereocenters. The second kappa shape index (κ2) is 5.04. The molecule has 5 nitrogen and oxygen atoms in total. The number of benzene rings is 1. The summed E-state index contributed by atoms with van der Waals surface area (Å²) in [6.07, 6.45) is 1.21. The van der Waals surface area contributed by atoms with E-state index >= 15 is 0 Å². The fraction of sp³-hybridized carbons (Fsp3) is 0.333. The SMILES string of the molecule is CC1CC(C(=O)Nc2ccc3sccc3c2)(/C(N)=N/O)C1. The van der Waals surface area contributed by atoms with Gasteiger partial charge < -0.3 is 16.3 Å². The van der Waals surface area contributed by atoms with Crippen molar-refractivity contribution in [2.45, 2.75) is 19.8 Å². The summed E-state index contributed by atoms with van der Waals surface area (Å²) >= 11 is 1.66. The van der Waals surface area contributed by atoms with Crippen LogP contribution in [-0.4, -0.2) is 17.0 Å². The summed E-state index contributed by atoms with van der Waals surface area (Å²) < 4.78 is 1.18. The molecule has 0 spiro atoms. The third-order valence-corrected chi connectivity index (χ3v) is 5.03. The predicted molar refractivity (Wildman–Crippen MR) is 84.7 cm³/mol. The van der Waals surface area contributed by atoms with Gasteiger partial charge in [0.05, 0.1) is 0 Å². The van der Waals surface area contributed by atoms with Gasteiger partial charge in [-0.3, -0.25) is 4.79 Å². The third-order valence-electron chi connectivity index (χ3n) is 4.14. The molecule has 4 N–H and O–H groups in total. The molecule has 0 radical (unpaired) electrons. The highest BCUT2D eigenvalue weighted by Crippen LogP contribution is 2.46. The summed E-state index contributed by atoms with van der Waals surface area (Å²) in [5.74, 6) is 0.190. The first kappa shape index (κ1) is 13.9. The molecule has 1 heterocycles. The molecular formula is C15H17N3O2S. The van der Waals surface area contributed by atoms with Crippen LogP contribution in [0.1, 0.15) is 19.8 Å². The molecule has 0 bridgehead atoms. The van der Waals surface area contributed by atoms with Crippen molar-refractivity contribution in [3.8, 4) is 0 Å². The first-order valence-corrected chi connectivity index (χ1v) is 7.70. The van der Waals surface area contributed by atoms with Crippen molar-refractivity contribution >= 4 is 38.9 Å². The Bertz CT molecular complexity index is 717. The number of carbonyl (C=O) groups is 1. The monoisotopic (exact) mass is 303 g/mol. The molecule has 1 fully saturated rings. The minimum absolute atomic E-state index is 0.00490. The number of thiophene rings is 1. The lowest BCUT2D eigenvalue weighted by Gasteiger charge is -2.43. The van der Waals surface area contributed by atoms with Crippen LogP contribution < -0.4 is 11.1 Å². The number of amides is 1. The maximum atomic E-state index is 12.6. The van der Waals surface area contributed by atoms with E-state index in [9.17, 15) is 4.79 Å². The zero-order chi connectivity index (χ0) is 15.0. The first-order chi connectivity index (χ1) is 10.0. The van der Waals surface area contributed by atoms with Gasteiger partial charge in [0.1, 0.15) is 5.41 Å². The van der Waals surface area contributed by atoms with E-state index in [0.717, 1.165) is 11.1 Å². The van der Waals surface area contributed by atoms with Gasteiger partial charge in [0.2, 0.25) is 5.91 Å². The van der Waals surface area contributed by atoms with Crippen LogP contribution in [0.5, 0.6) is 0 Å². The van der Waals surface area contributed by atoms with Crippen molar-refractivity contribution in [3.63, 3.8) is 0 Å². The molecule has 0 aliphatic heterocycles. The van der Waals surface area contributed by atoms with E-state index in [-0.39, 0.29) is 11.7 Å². The molecule has 6 heteroatoms. The Balaban J connectivity index is 1.84. The van der Waals surface area contributed by atoms with Crippen LogP contribution in [0, 0.1) is 11.3 Å². The molecule has 0 saturated heterocycles. The Kier molecular flexibility index (Phi) is 3.33. The summed E-state index contributed by atoms with van der Waals surface area (Å²) in [6, 6.07) is 7.81. The molecular weight excluding hydrogens is 286 g/mol. The lowest BCUT2D eigenvalue weighted by molar-refractivity contribution is -0.127. The van der Waals surface area contributed by atoms with Crippen LogP contribution in [-0.2, 0) is 4.79 Å². The number of hydrogen-bond acceptors (Lipinski definition) is 4. The van der Waals surface area contributed by atoms with E-state index in [1.807, 2.05) is 36.6 Å². The highest BCUT2D eigenvalue weighted by atomic mass is 32.1. The van der Waals surface area contributed by atoms with E-state index in [4.69, 9.17) is 10.9 Å². The van der Waals surface area contributed by atoms with Gasteiger partial charge in [-0.1, -0.05) is 12.1 Å². The van der Waals surface area contributed by atoms with Gasteiger partial charge in [-0.2, -0.15) is 0 Å². The van der Waals surface area contributed by atoms with Gasteiger partial charge >= 0.3 is 0 Å². The number of fused-ring (bicyclic) bond motifs is 1. The Morgan fingerprint density at radius 3 is 2.90 bits per heavy atom. The molecule has 1 amide bonds. The van der Waals surface area contributed by atoms with Crippen LogP contribution in [0.15, 0.2) is 34.8 Å². The highest BCUT2D eigenvalue weighted by Gasteiger charge is 2.52. The van der Waals surface area contributed by atoms with Gasteiger partial charge in [0, 0.05) is 10.4 Å². The average Bonchev–Trinajstić information content (AvgIpc) is 2.90. The van der Waals surface area contributed by atoms with Gasteiger partial charge in [0.25, 0.3) is 0 Å². The van der Waals surface area contributed by atoms with Crippen LogP contribution in [0.4, 0.5) is 5.69 Å². The van der Waals surface area contributed by atoms with E-state index in [1.54, 1.807) is 11.3 Å². The zero-order valence-corrected chi connectivity index (χ0v) is 12.5. The maximum absolute atomic E-state index is 12.6. The van der Waals surface area contributed by atoms with Crippen molar-refractivity contribution < 1.29 is 10.0 Å². The predicted octanol–water partition coefficient (Wildman–Crippen LogP) is 3.00. The Labute approximate surface area is 126 Å². The molecule has 110 valence electrons. The first-order valence-electron chi connectivity index (χ1n) is 6.82. The molecule has 1 aromatic heterocycles. The average molecular weight is 303 g/mol. The fourth-order valence-electron chi connectivity index (χ4n) is 3.03. The van der Waals surface area contributed by atoms with Crippen molar-refractivity contribution in [3.05, 3.63) is 29.6 Å². The molecule has 1 saturated carbocycles. The van der Waals surface area contributed by atoms with Crippen LogP contribution in [0.3, 0.4) is 0 Å². The summed E-state index contributed by atoms with van der Waals surface area (Å²) in [4.78, 5) is 12.6. The Morgan fingerprint density at radius 1 is 1.48 bits per heavy atom. The molecule has 1 aliphatic rings. The highest BCUT2D eigenvalue weighted by molar-refractivity contribution is 7.17. The molecule has 2 aromatic rings. The fourth-order valence-corrected chi connectivity index (χ4v) is 3.80. The summed E-state index contributed by atoms with van der Waals surface area (Å²) in [6.45, 7) is 2.05. The Hall–Kier alpha value is -2.08.